The first-order valence-electron chi connectivity index (χ1n) is 5.80. The molecule has 0 unspecified atom stereocenters. The van der Waals surface area contributed by atoms with Crippen LogP contribution in [0.3, 0.4) is 0 Å². The minimum atomic E-state index is -0.840. The number of carbonyl (C=O) groups excluding carboxylic acids is 1. The second kappa shape index (κ2) is 2.50. The lowest BCUT2D eigenvalue weighted by atomic mass is 9.87. The molecule has 0 radical (unpaired) electrons. The number of allylic oxidation sites excluding steroid dienone is 2. The predicted molar refractivity (Wildman–Crippen MR) is 52.2 cm³/mol. The maximum absolute atomic E-state index is 11.7. The Morgan fingerprint density at radius 2 is 2.19 bits per heavy atom. The summed E-state index contributed by atoms with van der Waals surface area (Å²) < 4.78 is 5.32. The molecule has 4 nitrogen and oxygen atoms in total. The summed E-state index contributed by atoms with van der Waals surface area (Å²) in [5.74, 6) is -1.02. The second-order valence-corrected chi connectivity index (χ2v) is 5.38. The standard InChI is InChI=1S/C12H12O4/c13-11(14)8-5-2-1-4-3-6-9(7(4)5)10(8)12(15)16-6/h1-2,4-10H,3H2,(H,13,14)/t4-,5-,6+,7-,8-,9-,10+/m1/s1. The van der Waals surface area contributed by atoms with Gasteiger partial charge in [0.05, 0.1) is 11.8 Å². The Bertz CT molecular complexity index is 427. The molecule has 1 aliphatic heterocycles. The summed E-state index contributed by atoms with van der Waals surface area (Å²) >= 11 is 0. The van der Waals surface area contributed by atoms with E-state index in [1.165, 1.54) is 0 Å². The number of carbonyl (C=O) groups is 2. The van der Waals surface area contributed by atoms with Gasteiger partial charge in [0.2, 0.25) is 0 Å². The minimum absolute atomic E-state index is 0.00991. The summed E-state index contributed by atoms with van der Waals surface area (Å²) in [6.45, 7) is 0. The average molecular weight is 220 g/mol. The summed E-state index contributed by atoms with van der Waals surface area (Å²) in [6.07, 6.45) is 5.05. The van der Waals surface area contributed by atoms with Crippen LogP contribution in [0.5, 0.6) is 0 Å². The normalized spacial score (nSPS) is 55.5. The van der Waals surface area contributed by atoms with E-state index < -0.39 is 11.9 Å². The molecule has 1 heterocycles. The highest BCUT2D eigenvalue weighted by atomic mass is 16.6. The number of carboxylic acids is 1. The van der Waals surface area contributed by atoms with Crippen LogP contribution in [-0.2, 0) is 14.3 Å². The van der Waals surface area contributed by atoms with Gasteiger partial charge in [-0.05, 0) is 24.2 Å². The van der Waals surface area contributed by atoms with Crippen LogP contribution >= 0.6 is 0 Å². The van der Waals surface area contributed by atoms with E-state index >= 15 is 0 Å². The van der Waals surface area contributed by atoms with E-state index in [0.29, 0.717) is 11.8 Å². The first kappa shape index (κ1) is 8.79. The molecular formula is C12H12O4. The highest BCUT2D eigenvalue weighted by molar-refractivity contribution is 5.85. The SMILES string of the molecule is O=C(O)[C@@H]1[C@@H]2C=C[C@@H]3C[C@@H]4OC(=O)[C@@H]1[C@H]4[C@@H]23. The third-order valence-corrected chi connectivity index (χ3v) is 4.94. The molecule has 3 aliphatic carbocycles. The number of esters is 1. The van der Waals surface area contributed by atoms with Gasteiger partial charge in [-0.2, -0.15) is 0 Å². The summed E-state index contributed by atoms with van der Waals surface area (Å²) in [7, 11) is 0. The predicted octanol–water partition coefficient (Wildman–Crippen LogP) is 0.681. The van der Waals surface area contributed by atoms with Crippen molar-refractivity contribution in [1.82, 2.24) is 0 Å². The minimum Gasteiger partial charge on any atom is -0.481 e. The smallest absolute Gasteiger partial charge is 0.310 e. The third kappa shape index (κ3) is 0.761. The number of ether oxygens (including phenoxy) is 1. The number of rotatable bonds is 1. The van der Waals surface area contributed by atoms with E-state index in [0.717, 1.165) is 6.42 Å². The van der Waals surface area contributed by atoms with Crippen LogP contribution in [0.15, 0.2) is 12.2 Å². The van der Waals surface area contributed by atoms with Crippen LogP contribution < -0.4 is 0 Å². The Balaban J connectivity index is 1.85. The van der Waals surface area contributed by atoms with Gasteiger partial charge < -0.3 is 9.84 Å². The Kier molecular flexibility index (Phi) is 1.37. The number of carboxylic acid groups (broad SMARTS) is 1. The molecular weight excluding hydrogens is 208 g/mol. The molecule has 16 heavy (non-hydrogen) atoms. The van der Waals surface area contributed by atoms with Gasteiger partial charge in [-0.3, -0.25) is 9.59 Å². The Morgan fingerprint density at radius 1 is 1.38 bits per heavy atom. The molecule has 0 bridgehead atoms. The van der Waals surface area contributed by atoms with Gasteiger partial charge in [-0.15, -0.1) is 0 Å². The molecule has 7 atom stereocenters. The van der Waals surface area contributed by atoms with Gasteiger partial charge in [-0.1, -0.05) is 12.2 Å². The largest absolute Gasteiger partial charge is 0.481 e. The lowest BCUT2D eigenvalue weighted by molar-refractivity contribution is -0.153. The molecule has 0 aromatic heterocycles. The molecule has 0 aromatic carbocycles. The molecule has 2 saturated carbocycles. The van der Waals surface area contributed by atoms with Crippen LogP contribution in [0.2, 0.25) is 0 Å². The monoisotopic (exact) mass is 220 g/mol. The van der Waals surface area contributed by atoms with Crippen molar-refractivity contribution in [3.05, 3.63) is 12.2 Å². The highest BCUT2D eigenvalue weighted by Crippen LogP contribution is 2.63. The summed E-state index contributed by atoms with van der Waals surface area (Å²) in [5.41, 5.74) is 0. The van der Waals surface area contributed by atoms with Crippen LogP contribution in [0, 0.1) is 35.5 Å². The summed E-state index contributed by atoms with van der Waals surface area (Å²) in [6, 6.07) is 0. The third-order valence-electron chi connectivity index (χ3n) is 4.94. The van der Waals surface area contributed by atoms with Gasteiger partial charge >= 0.3 is 11.9 Å². The first-order chi connectivity index (χ1) is 7.68. The topological polar surface area (TPSA) is 63.6 Å². The van der Waals surface area contributed by atoms with E-state index in [1.807, 2.05) is 6.08 Å². The molecule has 4 rings (SSSR count). The van der Waals surface area contributed by atoms with E-state index in [4.69, 9.17) is 4.74 Å². The van der Waals surface area contributed by atoms with Crippen molar-refractivity contribution in [3.8, 4) is 0 Å². The van der Waals surface area contributed by atoms with Crippen molar-refractivity contribution in [2.75, 3.05) is 0 Å². The average Bonchev–Trinajstić information content (AvgIpc) is 2.84. The molecule has 3 fully saturated rings. The van der Waals surface area contributed by atoms with E-state index in [1.54, 1.807) is 0 Å². The van der Waals surface area contributed by atoms with Crippen molar-refractivity contribution in [1.29, 1.82) is 0 Å². The van der Waals surface area contributed by atoms with Crippen molar-refractivity contribution in [2.45, 2.75) is 12.5 Å². The fraction of sp³-hybridized carbons (Fsp3) is 0.667. The number of aliphatic carboxylic acids is 1. The van der Waals surface area contributed by atoms with E-state index in [9.17, 15) is 14.7 Å². The van der Waals surface area contributed by atoms with E-state index in [2.05, 4.69) is 6.08 Å². The fourth-order valence-corrected chi connectivity index (χ4v) is 4.55. The van der Waals surface area contributed by atoms with Gasteiger partial charge in [0.1, 0.15) is 6.10 Å². The lowest BCUT2D eigenvalue weighted by Gasteiger charge is -2.16. The zero-order chi connectivity index (χ0) is 11.0. The van der Waals surface area contributed by atoms with Crippen molar-refractivity contribution in [2.24, 2.45) is 35.5 Å². The molecule has 0 aromatic rings. The van der Waals surface area contributed by atoms with E-state index in [-0.39, 0.29) is 29.8 Å². The molecule has 0 amide bonds. The summed E-state index contributed by atoms with van der Waals surface area (Å²) in [4.78, 5) is 23.0. The van der Waals surface area contributed by atoms with Crippen LogP contribution in [0.25, 0.3) is 0 Å². The molecule has 0 spiro atoms. The molecule has 4 aliphatic rings. The molecule has 1 N–H and O–H groups in total. The van der Waals surface area contributed by atoms with Crippen molar-refractivity contribution < 1.29 is 19.4 Å². The number of hydrogen-bond acceptors (Lipinski definition) is 3. The lowest BCUT2D eigenvalue weighted by Crippen LogP contribution is -2.28. The van der Waals surface area contributed by atoms with Gasteiger partial charge in [0.25, 0.3) is 0 Å². The second-order valence-electron chi connectivity index (χ2n) is 5.38. The zero-order valence-electron chi connectivity index (χ0n) is 8.58. The van der Waals surface area contributed by atoms with Crippen LogP contribution in [-0.4, -0.2) is 23.1 Å². The molecule has 1 saturated heterocycles. The first-order valence-corrected chi connectivity index (χ1v) is 5.80. The molecule has 84 valence electrons. The van der Waals surface area contributed by atoms with Gasteiger partial charge in [0.15, 0.2) is 0 Å². The Labute approximate surface area is 92.3 Å². The quantitative estimate of drug-likeness (QED) is 0.521. The van der Waals surface area contributed by atoms with Crippen molar-refractivity contribution in [3.63, 3.8) is 0 Å². The van der Waals surface area contributed by atoms with Gasteiger partial charge in [-0.25, -0.2) is 0 Å². The van der Waals surface area contributed by atoms with Crippen LogP contribution in [0.4, 0.5) is 0 Å². The fourth-order valence-electron chi connectivity index (χ4n) is 4.55. The van der Waals surface area contributed by atoms with Crippen LogP contribution in [0.1, 0.15) is 6.42 Å². The Morgan fingerprint density at radius 3 is 2.94 bits per heavy atom. The summed E-state index contributed by atoms with van der Waals surface area (Å²) in [5, 5.41) is 9.28. The maximum Gasteiger partial charge on any atom is 0.310 e. The van der Waals surface area contributed by atoms with Crippen molar-refractivity contribution >= 4 is 11.9 Å². The Hall–Kier alpha value is -1.32. The molecule has 4 heteroatoms. The maximum atomic E-state index is 11.7. The zero-order valence-corrected chi connectivity index (χ0v) is 8.58. The van der Waals surface area contributed by atoms with Gasteiger partial charge in [0, 0.05) is 5.92 Å². The number of hydrogen-bond donors (Lipinski definition) is 1. The highest BCUT2D eigenvalue weighted by Gasteiger charge is 2.68.